The van der Waals surface area contributed by atoms with Crippen LogP contribution in [0.4, 0.5) is 0 Å². The highest BCUT2D eigenvalue weighted by Crippen LogP contribution is 2.33. The first-order chi connectivity index (χ1) is 5.68. The molecule has 0 aliphatic heterocycles. The smallest absolute Gasteiger partial charge is 0.00414 e. The summed E-state index contributed by atoms with van der Waals surface area (Å²) in [5.74, 6) is 1.84. The van der Waals surface area contributed by atoms with Gasteiger partial charge in [-0.25, -0.2) is 0 Å². The van der Waals surface area contributed by atoms with Gasteiger partial charge in [-0.1, -0.05) is 39.5 Å². The lowest BCUT2D eigenvalue weighted by molar-refractivity contribution is 0.468. The molecule has 0 saturated heterocycles. The third kappa shape index (κ3) is 4.76. The quantitative estimate of drug-likeness (QED) is 0.650. The molecule has 1 atom stereocenters. The standard InChI is InChI=1S/C11H23N/c1-9(2)4-3-5-11(12)8-10-6-7-10/h9-11H,3-8,12H2,1-2H3. The van der Waals surface area contributed by atoms with Gasteiger partial charge < -0.3 is 5.73 Å². The first-order valence-electron chi connectivity index (χ1n) is 5.44. The van der Waals surface area contributed by atoms with Gasteiger partial charge in [0.05, 0.1) is 0 Å². The molecular weight excluding hydrogens is 146 g/mol. The van der Waals surface area contributed by atoms with Crippen molar-refractivity contribution in [2.24, 2.45) is 17.6 Å². The maximum atomic E-state index is 6.00. The van der Waals surface area contributed by atoms with Gasteiger partial charge in [0.15, 0.2) is 0 Å². The van der Waals surface area contributed by atoms with Crippen LogP contribution in [0.5, 0.6) is 0 Å². The second-order valence-corrected chi connectivity index (χ2v) is 4.76. The molecular formula is C11H23N. The van der Waals surface area contributed by atoms with Gasteiger partial charge in [-0.05, 0) is 24.7 Å². The third-order valence-electron chi connectivity index (χ3n) is 2.69. The van der Waals surface area contributed by atoms with Crippen molar-refractivity contribution in [3.8, 4) is 0 Å². The zero-order chi connectivity index (χ0) is 8.97. The van der Waals surface area contributed by atoms with Crippen molar-refractivity contribution < 1.29 is 0 Å². The molecule has 1 heteroatoms. The molecule has 72 valence electrons. The molecule has 0 aromatic carbocycles. The van der Waals surface area contributed by atoms with Gasteiger partial charge in [0.1, 0.15) is 0 Å². The molecule has 0 amide bonds. The first kappa shape index (κ1) is 10.0. The second-order valence-electron chi connectivity index (χ2n) is 4.76. The van der Waals surface area contributed by atoms with Gasteiger partial charge in [0, 0.05) is 6.04 Å². The van der Waals surface area contributed by atoms with E-state index in [-0.39, 0.29) is 0 Å². The lowest BCUT2D eigenvalue weighted by Crippen LogP contribution is -2.20. The summed E-state index contributed by atoms with van der Waals surface area (Å²) >= 11 is 0. The summed E-state index contributed by atoms with van der Waals surface area (Å²) in [6.07, 6.45) is 8.09. The van der Waals surface area contributed by atoms with Crippen molar-refractivity contribution in [2.45, 2.75) is 58.4 Å². The number of hydrogen-bond acceptors (Lipinski definition) is 1. The van der Waals surface area contributed by atoms with Gasteiger partial charge in [-0.3, -0.25) is 0 Å². The molecule has 0 aromatic heterocycles. The van der Waals surface area contributed by atoms with Gasteiger partial charge >= 0.3 is 0 Å². The Balaban J connectivity index is 1.90. The van der Waals surface area contributed by atoms with E-state index in [2.05, 4.69) is 13.8 Å². The van der Waals surface area contributed by atoms with Crippen molar-refractivity contribution in [3.63, 3.8) is 0 Å². The Morgan fingerprint density at radius 1 is 1.25 bits per heavy atom. The number of hydrogen-bond donors (Lipinski definition) is 1. The van der Waals surface area contributed by atoms with E-state index in [1.165, 1.54) is 38.5 Å². The molecule has 0 spiro atoms. The van der Waals surface area contributed by atoms with Crippen molar-refractivity contribution >= 4 is 0 Å². The lowest BCUT2D eigenvalue weighted by atomic mass is 10.0. The van der Waals surface area contributed by atoms with Crippen LogP contribution >= 0.6 is 0 Å². The molecule has 1 unspecified atom stereocenters. The van der Waals surface area contributed by atoms with Crippen LogP contribution in [0.25, 0.3) is 0 Å². The maximum Gasteiger partial charge on any atom is 0.00414 e. The van der Waals surface area contributed by atoms with Crippen LogP contribution in [-0.2, 0) is 0 Å². The van der Waals surface area contributed by atoms with E-state index >= 15 is 0 Å². The van der Waals surface area contributed by atoms with Gasteiger partial charge in [-0.2, -0.15) is 0 Å². The Morgan fingerprint density at radius 2 is 1.92 bits per heavy atom. The summed E-state index contributed by atoms with van der Waals surface area (Å²) in [5.41, 5.74) is 6.00. The Bertz CT molecular complexity index is 116. The minimum Gasteiger partial charge on any atom is -0.328 e. The summed E-state index contributed by atoms with van der Waals surface area (Å²) < 4.78 is 0. The highest BCUT2D eigenvalue weighted by Gasteiger charge is 2.23. The molecule has 1 aliphatic carbocycles. The molecule has 2 N–H and O–H groups in total. The lowest BCUT2D eigenvalue weighted by Gasteiger charge is -2.11. The van der Waals surface area contributed by atoms with Crippen molar-refractivity contribution in [3.05, 3.63) is 0 Å². The maximum absolute atomic E-state index is 6.00. The van der Waals surface area contributed by atoms with Crippen LogP contribution in [0, 0.1) is 11.8 Å². The predicted octanol–water partition coefficient (Wildman–Crippen LogP) is 2.94. The van der Waals surface area contributed by atoms with Gasteiger partial charge in [0.25, 0.3) is 0 Å². The SMILES string of the molecule is CC(C)CCCC(N)CC1CC1. The van der Waals surface area contributed by atoms with Crippen molar-refractivity contribution in [1.29, 1.82) is 0 Å². The Kier molecular flexibility index (Phi) is 4.07. The van der Waals surface area contributed by atoms with E-state index in [4.69, 9.17) is 5.73 Å². The van der Waals surface area contributed by atoms with E-state index in [1.807, 2.05) is 0 Å². The summed E-state index contributed by atoms with van der Waals surface area (Å²) in [6.45, 7) is 4.57. The van der Waals surface area contributed by atoms with Gasteiger partial charge in [0.2, 0.25) is 0 Å². The fourth-order valence-electron chi connectivity index (χ4n) is 1.69. The molecule has 12 heavy (non-hydrogen) atoms. The van der Waals surface area contributed by atoms with E-state index < -0.39 is 0 Å². The zero-order valence-electron chi connectivity index (χ0n) is 8.55. The molecule has 1 aliphatic rings. The van der Waals surface area contributed by atoms with E-state index in [0.717, 1.165) is 11.8 Å². The van der Waals surface area contributed by atoms with Crippen LogP contribution in [0.1, 0.15) is 52.4 Å². The van der Waals surface area contributed by atoms with Crippen LogP contribution in [0.3, 0.4) is 0 Å². The Morgan fingerprint density at radius 3 is 2.42 bits per heavy atom. The van der Waals surface area contributed by atoms with Crippen LogP contribution < -0.4 is 5.73 Å². The fourth-order valence-corrected chi connectivity index (χ4v) is 1.69. The predicted molar refractivity (Wildman–Crippen MR) is 54.0 cm³/mol. The summed E-state index contributed by atoms with van der Waals surface area (Å²) in [4.78, 5) is 0. The van der Waals surface area contributed by atoms with E-state index in [0.29, 0.717) is 6.04 Å². The summed E-state index contributed by atoms with van der Waals surface area (Å²) in [5, 5.41) is 0. The van der Waals surface area contributed by atoms with Crippen LogP contribution in [0.15, 0.2) is 0 Å². The third-order valence-corrected chi connectivity index (χ3v) is 2.69. The monoisotopic (exact) mass is 169 g/mol. The fraction of sp³-hybridized carbons (Fsp3) is 1.00. The van der Waals surface area contributed by atoms with Crippen LogP contribution in [-0.4, -0.2) is 6.04 Å². The zero-order valence-corrected chi connectivity index (χ0v) is 8.55. The molecule has 0 aromatic rings. The Hall–Kier alpha value is -0.0400. The van der Waals surface area contributed by atoms with Crippen molar-refractivity contribution in [2.75, 3.05) is 0 Å². The molecule has 1 nitrogen and oxygen atoms in total. The van der Waals surface area contributed by atoms with Crippen molar-refractivity contribution in [1.82, 2.24) is 0 Å². The first-order valence-corrected chi connectivity index (χ1v) is 5.44. The molecule has 1 fully saturated rings. The average molecular weight is 169 g/mol. The Labute approximate surface area is 76.7 Å². The van der Waals surface area contributed by atoms with E-state index in [9.17, 15) is 0 Å². The molecule has 0 radical (unpaired) electrons. The van der Waals surface area contributed by atoms with Crippen LogP contribution in [0.2, 0.25) is 0 Å². The number of rotatable bonds is 6. The average Bonchev–Trinajstić information content (AvgIpc) is 2.70. The number of nitrogens with two attached hydrogens (primary N) is 1. The highest BCUT2D eigenvalue weighted by molar-refractivity contribution is 4.78. The topological polar surface area (TPSA) is 26.0 Å². The van der Waals surface area contributed by atoms with E-state index in [1.54, 1.807) is 0 Å². The highest BCUT2D eigenvalue weighted by atomic mass is 14.6. The minimum atomic E-state index is 0.497. The molecule has 0 heterocycles. The molecule has 1 saturated carbocycles. The van der Waals surface area contributed by atoms with Gasteiger partial charge in [-0.15, -0.1) is 0 Å². The largest absolute Gasteiger partial charge is 0.328 e. The second kappa shape index (κ2) is 4.86. The minimum absolute atomic E-state index is 0.497. The molecule has 1 rings (SSSR count). The summed E-state index contributed by atoms with van der Waals surface area (Å²) in [7, 11) is 0. The summed E-state index contributed by atoms with van der Waals surface area (Å²) in [6, 6.07) is 0.497. The normalized spacial score (nSPS) is 20.0. The molecule has 0 bridgehead atoms.